The van der Waals surface area contributed by atoms with E-state index in [0.717, 1.165) is 35.5 Å². The second-order valence-corrected chi connectivity index (χ2v) is 7.72. The van der Waals surface area contributed by atoms with Crippen molar-refractivity contribution in [2.75, 3.05) is 32.5 Å². The van der Waals surface area contributed by atoms with Gasteiger partial charge in [0.2, 0.25) is 5.95 Å². The zero-order valence-corrected chi connectivity index (χ0v) is 16.3. The average Bonchev–Trinajstić information content (AvgIpc) is 3.01. The zero-order valence-electron chi connectivity index (χ0n) is 15.5. The largest absolute Gasteiger partial charge is 0.356 e. The molecule has 0 aliphatic rings. The minimum Gasteiger partial charge on any atom is -0.356 e. The third-order valence-corrected chi connectivity index (χ3v) is 5.43. The number of halogens is 1. The van der Waals surface area contributed by atoms with Crippen molar-refractivity contribution in [1.82, 2.24) is 14.5 Å². The SMILES string of the molecule is Cc1ccc(F)cc1-c1cc2nc(NCCCN(C)C)n(C)c(=O)c2s1. The van der Waals surface area contributed by atoms with Gasteiger partial charge < -0.3 is 10.2 Å². The molecular weight excluding hydrogens is 351 g/mol. The molecule has 0 aliphatic carbocycles. The molecule has 0 amide bonds. The summed E-state index contributed by atoms with van der Waals surface area (Å²) < 4.78 is 15.8. The summed E-state index contributed by atoms with van der Waals surface area (Å²) in [6.45, 7) is 3.64. The summed E-state index contributed by atoms with van der Waals surface area (Å²) in [6, 6.07) is 6.57. The molecule has 1 N–H and O–H groups in total. The summed E-state index contributed by atoms with van der Waals surface area (Å²) in [5.74, 6) is 0.272. The molecule has 138 valence electrons. The number of anilines is 1. The van der Waals surface area contributed by atoms with E-state index < -0.39 is 0 Å². The lowest BCUT2D eigenvalue weighted by atomic mass is 10.1. The quantitative estimate of drug-likeness (QED) is 0.671. The lowest BCUT2D eigenvalue weighted by Gasteiger charge is -2.12. The van der Waals surface area contributed by atoms with Gasteiger partial charge in [-0.25, -0.2) is 9.37 Å². The molecule has 0 atom stereocenters. The summed E-state index contributed by atoms with van der Waals surface area (Å²) in [6.07, 6.45) is 0.957. The van der Waals surface area contributed by atoms with Gasteiger partial charge in [0.1, 0.15) is 10.5 Å². The minimum atomic E-state index is -0.285. The second-order valence-electron chi connectivity index (χ2n) is 6.67. The van der Waals surface area contributed by atoms with Gasteiger partial charge in [-0.3, -0.25) is 9.36 Å². The maximum absolute atomic E-state index is 13.6. The Balaban J connectivity index is 1.96. The van der Waals surface area contributed by atoms with Crippen LogP contribution in [0.25, 0.3) is 20.7 Å². The van der Waals surface area contributed by atoms with Gasteiger partial charge in [-0.05, 0) is 63.3 Å². The Kier molecular flexibility index (Phi) is 5.38. The topological polar surface area (TPSA) is 50.2 Å². The smallest absolute Gasteiger partial charge is 0.272 e. The number of thiophene rings is 1. The number of aryl methyl sites for hydroxylation is 1. The summed E-state index contributed by atoms with van der Waals surface area (Å²) in [5, 5.41) is 3.24. The third-order valence-electron chi connectivity index (χ3n) is 4.29. The first-order valence-corrected chi connectivity index (χ1v) is 9.34. The number of hydrogen-bond donors (Lipinski definition) is 1. The number of rotatable bonds is 6. The summed E-state index contributed by atoms with van der Waals surface area (Å²) in [5.41, 5.74) is 2.33. The fraction of sp³-hybridized carbons (Fsp3) is 0.368. The van der Waals surface area contributed by atoms with Crippen LogP contribution in [-0.2, 0) is 7.05 Å². The summed E-state index contributed by atoms with van der Waals surface area (Å²) >= 11 is 1.36. The molecule has 0 fully saturated rings. The average molecular weight is 374 g/mol. The molecule has 3 rings (SSSR count). The van der Waals surface area contributed by atoms with Gasteiger partial charge >= 0.3 is 0 Å². The van der Waals surface area contributed by atoms with Gasteiger partial charge in [-0.2, -0.15) is 0 Å². The van der Waals surface area contributed by atoms with Crippen molar-refractivity contribution in [2.24, 2.45) is 7.05 Å². The third kappa shape index (κ3) is 3.78. The number of nitrogens with one attached hydrogen (secondary N) is 1. The van der Waals surface area contributed by atoms with E-state index in [1.165, 1.54) is 28.0 Å². The first kappa shape index (κ1) is 18.5. The molecule has 7 heteroatoms. The Morgan fingerprint density at radius 1 is 1.31 bits per heavy atom. The lowest BCUT2D eigenvalue weighted by molar-refractivity contribution is 0.405. The number of fused-ring (bicyclic) bond motifs is 1. The number of nitrogens with zero attached hydrogens (tertiary/aromatic N) is 3. The molecule has 2 aromatic heterocycles. The van der Waals surface area contributed by atoms with E-state index in [1.54, 1.807) is 13.1 Å². The van der Waals surface area contributed by atoms with Crippen LogP contribution >= 0.6 is 11.3 Å². The molecule has 0 bridgehead atoms. The van der Waals surface area contributed by atoms with Crippen LogP contribution in [0.1, 0.15) is 12.0 Å². The Bertz CT molecular complexity index is 993. The van der Waals surface area contributed by atoms with Crippen molar-refractivity contribution in [3.63, 3.8) is 0 Å². The standard InChI is InChI=1S/C19H23FN4OS/c1-12-6-7-13(20)10-14(12)16-11-15-17(26-16)18(25)24(4)19(22-15)21-8-5-9-23(2)3/h6-7,10-11H,5,8-9H2,1-4H3,(H,21,22). The Hall–Kier alpha value is -2.25. The Labute approximate surface area is 156 Å². The summed E-state index contributed by atoms with van der Waals surface area (Å²) in [7, 11) is 5.78. The van der Waals surface area contributed by atoms with Gasteiger partial charge in [-0.15, -0.1) is 11.3 Å². The minimum absolute atomic E-state index is 0.0876. The van der Waals surface area contributed by atoms with E-state index in [0.29, 0.717) is 16.2 Å². The first-order chi connectivity index (χ1) is 12.4. The van der Waals surface area contributed by atoms with Crippen molar-refractivity contribution in [2.45, 2.75) is 13.3 Å². The first-order valence-electron chi connectivity index (χ1n) is 8.52. The molecule has 5 nitrogen and oxygen atoms in total. The Morgan fingerprint density at radius 2 is 2.08 bits per heavy atom. The number of benzene rings is 1. The molecule has 0 radical (unpaired) electrons. The van der Waals surface area contributed by atoms with Gasteiger partial charge in [-0.1, -0.05) is 6.07 Å². The van der Waals surface area contributed by atoms with Crippen LogP contribution < -0.4 is 10.9 Å². The molecular formula is C19H23FN4OS. The van der Waals surface area contributed by atoms with Crippen molar-refractivity contribution >= 4 is 27.5 Å². The van der Waals surface area contributed by atoms with Gasteiger partial charge in [0.05, 0.1) is 5.52 Å². The van der Waals surface area contributed by atoms with Gasteiger partial charge in [0.15, 0.2) is 0 Å². The Morgan fingerprint density at radius 3 is 2.81 bits per heavy atom. The molecule has 1 aromatic carbocycles. The van der Waals surface area contributed by atoms with Gasteiger partial charge in [0, 0.05) is 18.5 Å². The van der Waals surface area contributed by atoms with E-state index in [4.69, 9.17) is 0 Å². The highest BCUT2D eigenvalue weighted by atomic mass is 32.1. The van der Waals surface area contributed by atoms with Crippen molar-refractivity contribution in [1.29, 1.82) is 0 Å². The second kappa shape index (κ2) is 7.55. The number of hydrogen-bond acceptors (Lipinski definition) is 5. The predicted octanol–water partition coefficient (Wildman–Crippen LogP) is 3.47. The lowest BCUT2D eigenvalue weighted by Crippen LogP contribution is -2.23. The van der Waals surface area contributed by atoms with Crippen LogP contribution in [-0.4, -0.2) is 41.6 Å². The summed E-state index contributed by atoms with van der Waals surface area (Å²) in [4.78, 5) is 20.3. The van der Waals surface area contributed by atoms with E-state index >= 15 is 0 Å². The highest BCUT2D eigenvalue weighted by Gasteiger charge is 2.14. The van der Waals surface area contributed by atoms with Crippen molar-refractivity contribution in [3.8, 4) is 10.4 Å². The highest BCUT2D eigenvalue weighted by molar-refractivity contribution is 7.22. The van der Waals surface area contributed by atoms with E-state index in [1.807, 2.05) is 27.1 Å². The molecule has 26 heavy (non-hydrogen) atoms. The number of aromatic nitrogens is 2. The van der Waals surface area contributed by atoms with Crippen LogP contribution in [0.5, 0.6) is 0 Å². The molecule has 0 unspecified atom stereocenters. The van der Waals surface area contributed by atoms with E-state index in [9.17, 15) is 9.18 Å². The van der Waals surface area contributed by atoms with Crippen LogP contribution in [0.15, 0.2) is 29.1 Å². The fourth-order valence-corrected chi connectivity index (χ4v) is 3.96. The van der Waals surface area contributed by atoms with Crippen LogP contribution in [0, 0.1) is 12.7 Å². The van der Waals surface area contributed by atoms with Crippen molar-refractivity contribution in [3.05, 3.63) is 46.0 Å². The molecule has 0 spiro atoms. The van der Waals surface area contributed by atoms with Crippen molar-refractivity contribution < 1.29 is 4.39 Å². The predicted molar refractivity (Wildman–Crippen MR) is 107 cm³/mol. The fourth-order valence-electron chi connectivity index (χ4n) is 2.80. The van der Waals surface area contributed by atoms with Gasteiger partial charge in [0.25, 0.3) is 5.56 Å². The van der Waals surface area contributed by atoms with Crippen LogP contribution in [0.3, 0.4) is 0 Å². The monoisotopic (exact) mass is 374 g/mol. The van der Waals surface area contributed by atoms with E-state index in [2.05, 4.69) is 15.2 Å². The van der Waals surface area contributed by atoms with Crippen LogP contribution in [0.2, 0.25) is 0 Å². The molecule has 0 saturated carbocycles. The molecule has 3 aromatic rings. The maximum atomic E-state index is 13.6. The normalized spacial score (nSPS) is 11.5. The van der Waals surface area contributed by atoms with E-state index in [-0.39, 0.29) is 11.4 Å². The molecule has 0 saturated heterocycles. The zero-order chi connectivity index (χ0) is 18.8. The maximum Gasteiger partial charge on any atom is 0.272 e. The molecule has 2 heterocycles. The highest BCUT2D eigenvalue weighted by Crippen LogP contribution is 2.33. The molecule has 0 aliphatic heterocycles. The van der Waals surface area contributed by atoms with Crippen LogP contribution in [0.4, 0.5) is 10.3 Å².